The van der Waals surface area contributed by atoms with E-state index in [4.69, 9.17) is 9.47 Å². The van der Waals surface area contributed by atoms with Gasteiger partial charge in [0, 0.05) is 31.6 Å². The van der Waals surface area contributed by atoms with E-state index in [1.54, 1.807) is 31.4 Å². The molecular weight excluding hydrogens is 282 g/mol. The Hall–Kier alpha value is -1.88. The molecule has 122 valence electrons. The van der Waals surface area contributed by atoms with Crippen LogP contribution in [0.5, 0.6) is 5.75 Å². The van der Waals surface area contributed by atoms with Gasteiger partial charge in [-0.25, -0.2) is 0 Å². The number of benzene rings is 1. The molecule has 1 unspecified atom stereocenters. The molecule has 22 heavy (non-hydrogen) atoms. The average Bonchev–Trinajstić information content (AvgIpc) is 2.51. The maximum absolute atomic E-state index is 12.0. The summed E-state index contributed by atoms with van der Waals surface area (Å²) in [6, 6.07) is 6.98. The third-order valence-electron chi connectivity index (χ3n) is 3.05. The van der Waals surface area contributed by atoms with Gasteiger partial charge in [-0.2, -0.15) is 0 Å². The molecule has 0 radical (unpaired) electrons. The molecule has 0 aliphatic carbocycles. The molecule has 1 rings (SSSR count). The summed E-state index contributed by atoms with van der Waals surface area (Å²) >= 11 is 0. The van der Waals surface area contributed by atoms with Crippen LogP contribution < -0.4 is 10.1 Å². The number of ether oxygens (including phenoxy) is 2. The monoisotopic (exact) mass is 307 g/mol. The normalized spacial score (nSPS) is 11.8. The van der Waals surface area contributed by atoms with Crippen molar-refractivity contribution >= 4 is 11.7 Å². The van der Waals surface area contributed by atoms with Gasteiger partial charge in [0.15, 0.2) is 5.78 Å². The van der Waals surface area contributed by atoms with Crippen molar-refractivity contribution in [3.8, 4) is 5.75 Å². The lowest BCUT2D eigenvalue weighted by atomic mass is 10.1. The molecule has 1 atom stereocenters. The quantitative estimate of drug-likeness (QED) is 0.675. The number of carbonyl (C=O) groups excluding carboxylic acids is 2. The van der Waals surface area contributed by atoms with E-state index in [-0.39, 0.29) is 30.6 Å². The van der Waals surface area contributed by atoms with Gasteiger partial charge in [-0.15, -0.1) is 0 Å². The van der Waals surface area contributed by atoms with Gasteiger partial charge < -0.3 is 14.8 Å². The molecule has 0 saturated carbocycles. The topological polar surface area (TPSA) is 64.6 Å². The predicted octanol–water partition coefficient (Wildman–Crippen LogP) is 2.59. The molecule has 0 bridgehead atoms. The Morgan fingerprint density at radius 1 is 1.18 bits per heavy atom. The number of amides is 1. The fourth-order valence-corrected chi connectivity index (χ4v) is 1.97. The van der Waals surface area contributed by atoms with Gasteiger partial charge in [-0.1, -0.05) is 6.92 Å². The van der Waals surface area contributed by atoms with E-state index in [2.05, 4.69) is 5.32 Å². The van der Waals surface area contributed by atoms with E-state index in [1.807, 2.05) is 13.8 Å². The largest absolute Gasteiger partial charge is 0.494 e. The van der Waals surface area contributed by atoms with E-state index in [1.165, 1.54) is 0 Å². The van der Waals surface area contributed by atoms with Gasteiger partial charge in [0.1, 0.15) is 5.75 Å². The van der Waals surface area contributed by atoms with Crippen molar-refractivity contribution in [3.05, 3.63) is 29.8 Å². The zero-order chi connectivity index (χ0) is 16.4. The number of hydrogen-bond donors (Lipinski definition) is 1. The number of rotatable bonds is 10. The summed E-state index contributed by atoms with van der Waals surface area (Å²) in [5.74, 6) is 0.571. The second-order valence-electron chi connectivity index (χ2n) is 5.22. The molecule has 5 heteroatoms. The minimum atomic E-state index is -0.138. The van der Waals surface area contributed by atoms with Crippen molar-refractivity contribution < 1.29 is 19.1 Å². The minimum Gasteiger partial charge on any atom is -0.494 e. The first-order valence-corrected chi connectivity index (χ1v) is 7.61. The molecule has 0 heterocycles. The maximum atomic E-state index is 12.0. The van der Waals surface area contributed by atoms with Crippen LogP contribution in [0.3, 0.4) is 0 Å². The SMILES string of the molecule is CCCOc1ccc(C(=O)CCC(=O)NC(C)COC)cc1. The van der Waals surface area contributed by atoms with Gasteiger partial charge in [0.05, 0.1) is 13.2 Å². The molecule has 1 aromatic rings. The van der Waals surface area contributed by atoms with Crippen molar-refractivity contribution in [3.63, 3.8) is 0 Å². The number of Topliss-reactive ketones (excluding diaryl/α,β-unsaturated/α-hetero) is 1. The fraction of sp³-hybridized carbons (Fsp3) is 0.529. The number of methoxy groups -OCH3 is 1. The lowest BCUT2D eigenvalue weighted by molar-refractivity contribution is -0.122. The van der Waals surface area contributed by atoms with Gasteiger partial charge >= 0.3 is 0 Å². The second kappa shape index (κ2) is 9.95. The lowest BCUT2D eigenvalue weighted by Gasteiger charge is -2.12. The predicted molar refractivity (Wildman–Crippen MR) is 85.3 cm³/mol. The van der Waals surface area contributed by atoms with Crippen molar-refractivity contribution in [1.82, 2.24) is 5.32 Å². The number of ketones is 1. The smallest absolute Gasteiger partial charge is 0.220 e. The van der Waals surface area contributed by atoms with Crippen LogP contribution >= 0.6 is 0 Å². The van der Waals surface area contributed by atoms with Crippen molar-refractivity contribution in [2.24, 2.45) is 0 Å². The van der Waals surface area contributed by atoms with Gasteiger partial charge in [0.25, 0.3) is 0 Å². The molecule has 0 fully saturated rings. The number of nitrogens with one attached hydrogen (secondary N) is 1. The Bertz CT molecular complexity index is 470. The number of hydrogen-bond acceptors (Lipinski definition) is 4. The minimum absolute atomic E-state index is 0.0448. The third-order valence-corrected chi connectivity index (χ3v) is 3.05. The molecule has 0 aliphatic rings. The van der Waals surface area contributed by atoms with Gasteiger partial charge in [-0.3, -0.25) is 9.59 Å². The van der Waals surface area contributed by atoms with Crippen LogP contribution in [0.25, 0.3) is 0 Å². The highest BCUT2D eigenvalue weighted by molar-refractivity contribution is 5.98. The lowest BCUT2D eigenvalue weighted by Crippen LogP contribution is -2.35. The van der Waals surface area contributed by atoms with Crippen LogP contribution in [0.15, 0.2) is 24.3 Å². The van der Waals surface area contributed by atoms with Gasteiger partial charge in [-0.05, 0) is 37.6 Å². The first-order chi connectivity index (χ1) is 10.6. The van der Waals surface area contributed by atoms with Crippen LogP contribution in [0.4, 0.5) is 0 Å². The summed E-state index contributed by atoms with van der Waals surface area (Å²) in [5.41, 5.74) is 0.599. The maximum Gasteiger partial charge on any atom is 0.220 e. The molecule has 5 nitrogen and oxygen atoms in total. The van der Waals surface area contributed by atoms with Crippen LogP contribution in [0, 0.1) is 0 Å². The summed E-state index contributed by atoms with van der Waals surface area (Å²) in [6.07, 6.45) is 1.32. The van der Waals surface area contributed by atoms with Crippen LogP contribution in [0.2, 0.25) is 0 Å². The molecule has 0 aromatic heterocycles. The zero-order valence-electron chi connectivity index (χ0n) is 13.6. The highest BCUT2D eigenvalue weighted by atomic mass is 16.5. The van der Waals surface area contributed by atoms with E-state index in [9.17, 15) is 9.59 Å². The third kappa shape index (κ3) is 6.72. The Morgan fingerprint density at radius 3 is 2.45 bits per heavy atom. The Kier molecular flexibility index (Phi) is 8.22. The van der Waals surface area contributed by atoms with Crippen LogP contribution in [-0.2, 0) is 9.53 Å². The standard InChI is InChI=1S/C17H25NO4/c1-4-11-22-15-7-5-14(6-8-15)16(19)9-10-17(20)18-13(2)12-21-3/h5-8,13H,4,9-12H2,1-3H3,(H,18,20). The van der Waals surface area contributed by atoms with E-state index < -0.39 is 0 Å². The fourth-order valence-electron chi connectivity index (χ4n) is 1.97. The van der Waals surface area contributed by atoms with Crippen molar-refractivity contribution in [2.45, 2.75) is 39.2 Å². The zero-order valence-corrected chi connectivity index (χ0v) is 13.6. The van der Waals surface area contributed by atoms with Gasteiger partial charge in [0.2, 0.25) is 5.91 Å². The second-order valence-corrected chi connectivity index (χ2v) is 5.22. The Morgan fingerprint density at radius 2 is 1.86 bits per heavy atom. The highest BCUT2D eigenvalue weighted by Crippen LogP contribution is 2.14. The van der Waals surface area contributed by atoms with E-state index in [0.29, 0.717) is 18.8 Å². The molecule has 1 aromatic carbocycles. The van der Waals surface area contributed by atoms with Crippen LogP contribution in [-0.4, -0.2) is 38.1 Å². The summed E-state index contributed by atoms with van der Waals surface area (Å²) in [7, 11) is 1.58. The van der Waals surface area contributed by atoms with Crippen molar-refractivity contribution in [2.75, 3.05) is 20.3 Å². The first-order valence-electron chi connectivity index (χ1n) is 7.61. The molecule has 1 amide bonds. The van der Waals surface area contributed by atoms with Crippen molar-refractivity contribution in [1.29, 1.82) is 0 Å². The molecule has 0 aliphatic heterocycles. The molecule has 0 spiro atoms. The molecule has 1 N–H and O–H groups in total. The summed E-state index contributed by atoms with van der Waals surface area (Å²) < 4.78 is 10.4. The van der Waals surface area contributed by atoms with E-state index >= 15 is 0 Å². The Labute approximate surface area is 132 Å². The molecular formula is C17H25NO4. The average molecular weight is 307 g/mol. The summed E-state index contributed by atoms with van der Waals surface area (Å²) in [6.45, 7) is 5.01. The van der Waals surface area contributed by atoms with E-state index in [0.717, 1.165) is 12.2 Å². The first kappa shape index (κ1) is 18.2. The number of carbonyl (C=O) groups is 2. The summed E-state index contributed by atoms with van der Waals surface area (Å²) in [5, 5.41) is 2.78. The Balaban J connectivity index is 2.40. The summed E-state index contributed by atoms with van der Waals surface area (Å²) in [4.78, 5) is 23.7. The highest BCUT2D eigenvalue weighted by Gasteiger charge is 2.11. The van der Waals surface area contributed by atoms with Crippen LogP contribution in [0.1, 0.15) is 43.5 Å². The molecule has 0 saturated heterocycles.